The van der Waals surface area contributed by atoms with Crippen LogP contribution in [0.4, 0.5) is 8.78 Å². The summed E-state index contributed by atoms with van der Waals surface area (Å²) in [6.45, 7) is 7.16. The van der Waals surface area contributed by atoms with Gasteiger partial charge in [0.05, 0.1) is 22.9 Å². The van der Waals surface area contributed by atoms with Gasteiger partial charge in [0.25, 0.3) is 0 Å². The summed E-state index contributed by atoms with van der Waals surface area (Å²) in [6.07, 6.45) is 5.58. The number of aliphatic hydroxyl groups is 1. The number of ketones is 2. The number of rotatable bonds is 10. The predicted molar refractivity (Wildman–Crippen MR) is 161 cm³/mol. The van der Waals surface area contributed by atoms with E-state index in [1.807, 2.05) is 25.1 Å². The molecule has 6 rings (SSSR count). The van der Waals surface area contributed by atoms with Crippen LogP contribution < -0.4 is 0 Å². The molecule has 0 radical (unpaired) electrons. The van der Waals surface area contributed by atoms with Gasteiger partial charge in [-0.1, -0.05) is 31.1 Å². The van der Waals surface area contributed by atoms with Crippen molar-refractivity contribution in [3.63, 3.8) is 0 Å². The van der Waals surface area contributed by atoms with Crippen LogP contribution in [-0.2, 0) is 10.2 Å². The van der Waals surface area contributed by atoms with Gasteiger partial charge in [-0.2, -0.15) is 5.10 Å². The summed E-state index contributed by atoms with van der Waals surface area (Å²) in [4.78, 5) is 29.7. The van der Waals surface area contributed by atoms with Crippen LogP contribution in [0, 0.1) is 17.0 Å². The molecule has 0 atom stereocenters. The van der Waals surface area contributed by atoms with Gasteiger partial charge in [0.1, 0.15) is 23.1 Å². The Balaban J connectivity index is 1.19. The van der Waals surface area contributed by atoms with E-state index in [4.69, 9.17) is 4.52 Å². The lowest BCUT2D eigenvalue weighted by molar-refractivity contribution is -0.128. The van der Waals surface area contributed by atoms with Gasteiger partial charge in [-0.3, -0.25) is 19.6 Å². The van der Waals surface area contributed by atoms with Gasteiger partial charge in [-0.25, -0.2) is 8.78 Å². The van der Waals surface area contributed by atoms with Crippen molar-refractivity contribution in [1.82, 2.24) is 20.3 Å². The summed E-state index contributed by atoms with van der Waals surface area (Å²) >= 11 is 0. The number of aromatic nitrogens is 3. The maximum atomic E-state index is 14.3. The Labute approximate surface area is 254 Å². The Morgan fingerprint density at radius 2 is 1.86 bits per heavy atom. The third kappa shape index (κ3) is 6.10. The number of likely N-dealkylation sites (tertiary alicyclic amines) is 1. The van der Waals surface area contributed by atoms with Crippen molar-refractivity contribution in [2.75, 3.05) is 13.1 Å². The van der Waals surface area contributed by atoms with Crippen LogP contribution in [-0.4, -0.2) is 61.7 Å². The minimum Gasteiger partial charge on any atom is -0.390 e. The second-order valence-electron chi connectivity index (χ2n) is 13.8. The van der Waals surface area contributed by atoms with Crippen LogP contribution in [0.5, 0.6) is 0 Å². The molecule has 232 valence electrons. The van der Waals surface area contributed by atoms with E-state index in [2.05, 4.69) is 34.1 Å². The van der Waals surface area contributed by atoms with Crippen molar-refractivity contribution in [2.24, 2.45) is 5.41 Å². The zero-order valence-corrected chi connectivity index (χ0v) is 25.3. The number of hydrogen-bond donors (Lipinski definition) is 2. The van der Waals surface area contributed by atoms with Crippen molar-refractivity contribution in [2.45, 2.75) is 82.8 Å². The van der Waals surface area contributed by atoms with Gasteiger partial charge in [0.15, 0.2) is 11.5 Å². The fourth-order valence-electron chi connectivity index (χ4n) is 7.23. The lowest BCUT2D eigenvalue weighted by Crippen LogP contribution is -2.62. The van der Waals surface area contributed by atoms with E-state index < -0.39 is 28.1 Å². The van der Waals surface area contributed by atoms with Crippen molar-refractivity contribution < 1.29 is 28.0 Å². The first kappa shape index (κ1) is 30.3. The second kappa shape index (κ2) is 11.3. The molecule has 4 aromatic rings. The number of H-pyrrole nitrogens is 1. The molecule has 1 saturated heterocycles. The van der Waals surface area contributed by atoms with Crippen LogP contribution in [0.15, 0.2) is 53.2 Å². The van der Waals surface area contributed by atoms with E-state index in [0.29, 0.717) is 38.4 Å². The molecule has 2 aliphatic rings. The third-order valence-corrected chi connectivity index (χ3v) is 9.58. The minimum absolute atomic E-state index is 0.0146. The van der Waals surface area contributed by atoms with Gasteiger partial charge in [-0.15, -0.1) is 0 Å². The minimum atomic E-state index is -0.808. The van der Waals surface area contributed by atoms with E-state index >= 15 is 0 Å². The Kier molecular flexibility index (Phi) is 7.78. The van der Waals surface area contributed by atoms with Crippen molar-refractivity contribution in [1.29, 1.82) is 0 Å². The van der Waals surface area contributed by atoms with Gasteiger partial charge in [-0.05, 0) is 61.8 Å². The third-order valence-electron chi connectivity index (χ3n) is 9.58. The predicted octanol–water partition coefficient (Wildman–Crippen LogP) is 6.39. The number of halogens is 2. The van der Waals surface area contributed by atoms with Gasteiger partial charge in [0, 0.05) is 61.3 Å². The number of nitrogens with zero attached hydrogens (tertiary/aromatic N) is 3. The first-order valence-corrected chi connectivity index (χ1v) is 15.2. The van der Waals surface area contributed by atoms with E-state index in [0.717, 1.165) is 41.4 Å². The maximum absolute atomic E-state index is 14.3. The van der Waals surface area contributed by atoms with Crippen LogP contribution in [0.3, 0.4) is 0 Å². The molecular weight excluding hydrogens is 566 g/mol. The van der Waals surface area contributed by atoms with Gasteiger partial charge < -0.3 is 9.63 Å². The fourth-order valence-corrected chi connectivity index (χ4v) is 7.23. The molecule has 0 unspecified atom stereocenters. The Hall–Kier alpha value is -3.76. The SMILES string of the molecule is CC1(O)CCC(N2CC(CC(=O)CC(C)(C)c3cccc4[nH]ncc34)(CC(=O)c3cc(-c4ccc(F)cc4F)on3)C2)CC1. The number of benzene rings is 2. The lowest BCUT2D eigenvalue weighted by Gasteiger charge is -2.55. The molecule has 0 amide bonds. The number of carbonyl (C=O) groups is 2. The number of aromatic amines is 1. The number of Topliss-reactive ketones (excluding diaryl/α,β-unsaturated/α-hetero) is 2. The molecule has 44 heavy (non-hydrogen) atoms. The summed E-state index contributed by atoms with van der Waals surface area (Å²) < 4.78 is 33.0. The van der Waals surface area contributed by atoms with E-state index in [1.165, 1.54) is 12.1 Å². The van der Waals surface area contributed by atoms with Gasteiger partial charge >= 0.3 is 0 Å². The zero-order chi connectivity index (χ0) is 31.3. The maximum Gasteiger partial charge on any atom is 0.185 e. The fraction of sp³-hybridized carbons (Fsp3) is 0.471. The highest BCUT2D eigenvalue weighted by Gasteiger charge is 2.49. The van der Waals surface area contributed by atoms with Crippen molar-refractivity contribution >= 4 is 22.5 Å². The highest BCUT2D eigenvalue weighted by molar-refractivity contribution is 5.96. The molecule has 2 aromatic heterocycles. The van der Waals surface area contributed by atoms with Crippen LogP contribution >= 0.6 is 0 Å². The van der Waals surface area contributed by atoms with E-state index in [9.17, 15) is 23.5 Å². The highest BCUT2D eigenvalue weighted by Crippen LogP contribution is 2.44. The summed E-state index contributed by atoms with van der Waals surface area (Å²) in [7, 11) is 0. The zero-order valence-electron chi connectivity index (χ0n) is 25.3. The molecule has 2 aromatic carbocycles. The largest absolute Gasteiger partial charge is 0.390 e. The average molecular weight is 605 g/mol. The lowest BCUT2D eigenvalue weighted by atomic mass is 9.68. The highest BCUT2D eigenvalue weighted by atomic mass is 19.1. The van der Waals surface area contributed by atoms with Crippen LogP contribution in [0.25, 0.3) is 22.2 Å². The number of fused-ring (bicyclic) bond motifs is 1. The summed E-state index contributed by atoms with van der Waals surface area (Å²) in [5, 5.41) is 22.5. The smallest absolute Gasteiger partial charge is 0.185 e. The first-order chi connectivity index (χ1) is 20.8. The van der Waals surface area contributed by atoms with Gasteiger partial charge in [0.2, 0.25) is 0 Å². The second-order valence-corrected chi connectivity index (χ2v) is 13.8. The number of carbonyl (C=O) groups excluding carboxylic acids is 2. The summed E-state index contributed by atoms with van der Waals surface area (Å²) in [5.41, 5.74) is 0.336. The van der Waals surface area contributed by atoms with E-state index in [1.54, 1.807) is 6.20 Å². The molecule has 0 bridgehead atoms. The Morgan fingerprint density at radius 1 is 1.11 bits per heavy atom. The molecule has 1 saturated carbocycles. The topological polar surface area (TPSA) is 112 Å². The Bertz CT molecular complexity index is 1690. The first-order valence-electron chi connectivity index (χ1n) is 15.2. The van der Waals surface area contributed by atoms with Crippen LogP contribution in [0.1, 0.15) is 81.8 Å². The Morgan fingerprint density at radius 3 is 2.59 bits per heavy atom. The van der Waals surface area contributed by atoms with Crippen molar-refractivity contribution in [3.8, 4) is 11.3 Å². The van der Waals surface area contributed by atoms with Crippen molar-refractivity contribution in [3.05, 3.63) is 71.6 Å². The number of nitrogens with one attached hydrogen (secondary N) is 1. The average Bonchev–Trinajstić information content (AvgIpc) is 3.61. The molecule has 3 heterocycles. The molecule has 2 fully saturated rings. The molecule has 1 aliphatic carbocycles. The van der Waals surface area contributed by atoms with Crippen LogP contribution in [0.2, 0.25) is 0 Å². The molecular formula is C34H38F2N4O4. The monoisotopic (exact) mass is 604 g/mol. The molecule has 1 aliphatic heterocycles. The molecule has 2 N–H and O–H groups in total. The normalized spacial score (nSPS) is 22.2. The quantitative estimate of drug-likeness (QED) is 0.202. The molecule has 8 nitrogen and oxygen atoms in total. The molecule has 0 spiro atoms. The molecule has 10 heteroatoms. The number of hydrogen-bond acceptors (Lipinski definition) is 7. The summed E-state index contributed by atoms with van der Waals surface area (Å²) in [6, 6.07) is 10.7. The summed E-state index contributed by atoms with van der Waals surface area (Å²) in [5.74, 6) is -1.70. The standard InChI is InChI=1S/C34H38F2N4O4/c1-32(2,26-5-4-6-28-25(26)18-37-38-28)15-23(41)16-34(19-40(20-34)22-9-11-33(3,43)12-10-22)17-30(42)29-14-31(44-39-29)24-8-7-21(35)13-27(24)36/h4-8,13-14,18,22,43H,9-12,15-17,19-20H2,1-3H3,(H,37,38). The van der Waals surface area contributed by atoms with E-state index in [-0.39, 0.29) is 41.4 Å².